The molecule has 1 heterocycles. The van der Waals surface area contributed by atoms with E-state index >= 15 is 0 Å². The molecule has 22 heavy (non-hydrogen) atoms. The molecule has 120 valence electrons. The lowest BCUT2D eigenvalue weighted by molar-refractivity contribution is 0.364. The number of sulfone groups is 1. The number of nitrogens with one attached hydrogen (secondary N) is 1. The van der Waals surface area contributed by atoms with Gasteiger partial charge in [-0.05, 0) is 30.3 Å². The van der Waals surface area contributed by atoms with Gasteiger partial charge in [0.1, 0.15) is 4.90 Å². The number of rotatable bonds is 1. The molecule has 0 fully saturated rings. The molecule has 1 aliphatic heterocycles. The van der Waals surface area contributed by atoms with Crippen molar-refractivity contribution in [3.8, 4) is 0 Å². The van der Waals surface area contributed by atoms with Gasteiger partial charge >= 0.3 is 10.2 Å². The van der Waals surface area contributed by atoms with Crippen LogP contribution in [0.5, 0.6) is 0 Å². The molecular weight excluding hydrogens is 349 g/mol. The smallest absolute Gasteiger partial charge is 0.310 e. The fourth-order valence-electron chi connectivity index (χ4n) is 2.15. The van der Waals surface area contributed by atoms with Crippen LogP contribution in [0.2, 0.25) is 0 Å². The summed E-state index contributed by atoms with van der Waals surface area (Å²) in [4.78, 5) is -2.74. The Hall–Kier alpha value is -1.81. The predicted molar refractivity (Wildman–Crippen MR) is 73.0 cm³/mol. The highest BCUT2D eigenvalue weighted by Crippen LogP contribution is 3.02. The third kappa shape index (κ3) is 2.31. The van der Waals surface area contributed by atoms with Gasteiger partial charge in [-0.1, -0.05) is 31.6 Å². The van der Waals surface area contributed by atoms with Crippen LogP contribution in [-0.4, -0.2) is 8.42 Å². The molecule has 10 heteroatoms. The Bertz CT molecular complexity index is 907. The third-order valence-corrected chi connectivity index (χ3v) is 6.15. The lowest BCUT2D eigenvalue weighted by Gasteiger charge is -2.41. The zero-order valence-corrected chi connectivity index (χ0v) is 12.2. The molecule has 2 aromatic rings. The highest BCUT2D eigenvalue weighted by Gasteiger charge is 2.65. The fourth-order valence-corrected chi connectivity index (χ4v) is 4.36. The van der Waals surface area contributed by atoms with Gasteiger partial charge in [0.2, 0.25) is 9.84 Å². The van der Waals surface area contributed by atoms with Crippen LogP contribution >= 0.6 is 10.2 Å². The van der Waals surface area contributed by atoms with E-state index in [1.54, 1.807) is 0 Å². The minimum atomic E-state index is -9.88. The van der Waals surface area contributed by atoms with E-state index in [-0.39, 0.29) is 22.7 Å². The van der Waals surface area contributed by atoms with Crippen molar-refractivity contribution in [3.63, 3.8) is 0 Å². The van der Waals surface area contributed by atoms with Crippen molar-refractivity contribution in [1.82, 2.24) is 0 Å². The van der Waals surface area contributed by atoms with E-state index in [1.807, 2.05) is 0 Å². The van der Waals surface area contributed by atoms with Crippen LogP contribution in [0.25, 0.3) is 0 Å². The quantitative estimate of drug-likeness (QED) is 0.606. The zero-order chi connectivity index (χ0) is 16.5. The lowest BCUT2D eigenvalue weighted by atomic mass is 10.2. The fraction of sp³-hybridized carbons (Fsp3) is 0. The molecule has 0 atom stereocenters. The largest absolute Gasteiger partial charge is 0.353 e. The van der Waals surface area contributed by atoms with Crippen LogP contribution in [-0.2, 0) is 9.84 Å². The number of para-hydroxylation sites is 1. The van der Waals surface area contributed by atoms with Crippen LogP contribution in [0.4, 0.5) is 30.8 Å². The van der Waals surface area contributed by atoms with Crippen molar-refractivity contribution in [3.05, 3.63) is 42.5 Å². The van der Waals surface area contributed by atoms with Gasteiger partial charge in [0, 0.05) is 0 Å². The SMILES string of the molecule is O=S1(=O)c2ccccc2Nc2cc(S(F)(F)(F)(F)F)ccc21. The molecule has 0 bridgehead atoms. The monoisotopic (exact) mass is 357 g/mol. The topological polar surface area (TPSA) is 46.2 Å². The van der Waals surface area contributed by atoms with Gasteiger partial charge in [0.05, 0.1) is 21.2 Å². The van der Waals surface area contributed by atoms with E-state index in [2.05, 4.69) is 5.32 Å². The summed E-state index contributed by atoms with van der Waals surface area (Å²) in [5, 5.41) is 2.45. The van der Waals surface area contributed by atoms with Crippen molar-refractivity contribution < 1.29 is 27.8 Å². The second-order valence-corrected chi connectivity index (χ2v) is 9.05. The van der Waals surface area contributed by atoms with Crippen molar-refractivity contribution in [1.29, 1.82) is 0 Å². The molecule has 1 aliphatic rings. The number of anilines is 2. The first-order valence-electron chi connectivity index (χ1n) is 5.78. The van der Waals surface area contributed by atoms with E-state index < -0.39 is 35.5 Å². The average molecular weight is 357 g/mol. The molecule has 0 aromatic heterocycles. The van der Waals surface area contributed by atoms with Gasteiger partial charge in [0.25, 0.3) is 0 Å². The van der Waals surface area contributed by atoms with E-state index in [0.717, 1.165) is 0 Å². The van der Waals surface area contributed by atoms with Crippen LogP contribution < -0.4 is 5.32 Å². The molecule has 3 rings (SSSR count). The first-order chi connectivity index (χ1) is 9.79. The lowest BCUT2D eigenvalue weighted by Crippen LogP contribution is -2.15. The molecular formula is C12H8F5NO2S2. The predicted octanol–water partition coefficient (Wildman–Crippen LogP) is 5.23. The zero-order valence-electron chi connectivity index (χ0n) is 10.6. The Morgan fingerprint density at radius 3 is 2.05 bits per heavy atom. The van der Waals surface area contributed by atoms with Crippen LogP contribution in [0, 0.1) is 0 Å². The van der Waals surface area contributed by atoms with Crippen LogP contribution in [0.1, 0.15) is 0 Å². The molecule has 0 aliphatic carbocycles. The summed E-state index contributed by atoms with van der Waals surface area (Å²) < 4.78 is 88.8. The normalized spacial score (nSPS) is 19.1. The molecule has 0 unspecified atom stereocenters. The molecule has 0 radical (unpaired) electrons. The van der Waals surface area contributed by atoms with E-state index in [9.17, 15) is 27.8 Å². The third-order valence-electron chi connectivity index (χ3n) is 3.13. The van der Waals surface area contributed by atoms with Gasteiger partial charge in [-0.3, -0.25) is 0 Å². The number of benzene rings is 2. The van der Waals surface area contributed by atoms with E-state index in [0.29, 0.717) is 6.07 Å². The Kier molecular flexibility index (Phi) is 2.45. The number of halogens is 5. The van der Waals surface area contributed by atoms with Crippen LogP contribution in [0.15, 0.2) is 57.2 Å². The Morgan fingerprint density at radius 2 is 1.41 bits per heavy atom. The summed E-state index contributed by atoms with van der Waals surface area (Å²) in [6.45, 7) is 0. The van der Waals surface area contributed by atoms with Gasteiger partial charge < -0.3 is 5.32 Å². The van der Waals surface area contributed by atoms with Crippen molar-refractivity contribution in [2.45, 2.75) is 14.7 Å². The molecule has 0 spiro atoms. The van der Waals surface area contributed by atoms with E-state index in [4.69, 9.17) is 0 Å². The number of hydrogen-bond donors (Lipinski definition) is 1. The van der Waals surface area contributed by atoms with Gasteiger partial charge in [-0.2, -0.15) is 0 Å². The number of hydrogen-bond acceptors (Lipinski definition) is 3. The summed E-state index contributed by atoms with van der Waals surface area (Å²) in [6.07, 6.45) is 0. The molecule has 0 amide bonds. The van der Waals surface area contributed by atoms with Gasteiger partial charge in [-0.25, -0.2) is 8.42 Å². The maximum atomic E-state index is 12.8. The molecule has 3 nitrogen and oxygen atoms in total. The molecule has 0 saturated heterocycles. The maximum absolute atomic E-state index is 12.8. The summed E-state index contributed by atoms with van der Waals surface area (Å²) in [5.74, 6) is 0. The second-order valence-electron chi connectivity index (χ2n) is 4.75. The van der Waals surface area contributed by atoms with Crippen LogP contribution in [0.3, 0.4) is 0 Å². The standard InChI is InChI=1S/C12H8F5NO2S2/c13-22(14,15,16,17)8-5-6-12-10(7-8)18-9-3-1-2-4-11(9)21(12,19)20/h1-7,18H. The summed E-state index contributed by atoms with van der Waals surface area (Å²) in [6, 6.07) is 6.30. The van der Waals surface area contributed by atoms with Crippen molar-refractivity contribution in [2.24, 2.45) is 0 Å². The Morgan fingerprint density at radius 1 is 0.818 bits per heavy atom. The molecule has 1 N–H and O–H groups in total. The summed E-state index contributed by atoms with van der Waals surface area (Å²) >= 11 is 0. The molecule has 0 saturated carbocycles. The Labute approximate surface area is 122 Å². The van der Waals surface area contributed by atoms with Gasteiger partial charge in [0.15, 0.2) is 0 Å². The first-order valence-corrected chi connectivity index (χ1v) is 9.22. The Balaban J connectivity index is 2.28. The number of fused-ring (bicyclic) bond motifs is 2. The maximum Gasteiger partial charge on any atom is 0.310 e. The average Bonchev–Trinajstić information content (AvgIpc) is 2.35. The highest BCUT2D eigenvalue weighted by atomic mass is 32.5. The summed E-state index contributed by atoms with van der Waals surface area (Å²) in [7, 11) is -13.9. The van der Waals surface area contributed by atoms with Crippen molar-refractivity contribution >= 4 is 31.4 Å². The summed E-state index contributed by atoms with van der Waals surface area (Å²) in [5.41, 5.74) is -0.487. The molecule has 2 aromatic carbocycles. The first kappa shape index (κ1) is 15.1. The van der Waals surface area contributed by atoms with E-state index in [1.165, 1.54) is 24.3 Å². The minimum absolute atomic E-state index is 0.0364. The van der Waals surface area contributed by atoms with Crippen molar-refractivity contribution in [2.75, 3.05) is 5.32 Å². The second kappa shape index (κ2) is 3.57. The minimum Gasteiger partial charge on any atom is -0.353 e. The highest BCUT2D eigenvalue weighted by molar-refractivity contribution is 8.45. The van der Waals surface area contributed by atoms with Gasteiger partial charge in [-0.15, -0.1) is 0 Å².